The van der Waals surface area contributed by atoms with Gasteiger partial charge in [-0.2, -0.15) is 0 Å². The van der Waals surface area contributed by atoms with E-state index >= 15 is 0 Å². The summed E-state index contributed by atoms with van der Waals surface area (Å²) in [5.74, 6) is -0.0988. The molecule has 0 spiro atoms. The quantitative estimate of drug-likeness (QED) is 0.499. The molecular formula is C14H20O4. The van der Waals surface area contributed by atoms with Gasteiger partial charge in [-0.3, -0.25) is 4.79 Å². The topological polar surface area (TPSA) is 66.8 Å². The Morgan fingerprint density at radius 2 is 2.11 bits per heavy atom. The van der Waals surface area contributed by atoms with Crippen molar-refractivity contribution in [2.24, 2.45) is 17.3 Å². The minimum Gasteiger partial charge on any atom is -0.462 e. The number of carbonyl (C=O) groups is 1. The van der Waals surface area contributed by atoms with Crippen LogP contribution in [0.2, 0.25) is 0 Å². The average molecular weight is 252 g/mol. The van der Waals surface area contributed by atoms with Gasteiger partial charge in [0.05, 0.1) is 5.60 Å². The summed E-state index contributed by atoms with van der Waals surface area (Å²) < 4.78 is 5.10. The van der Waals surface area contributed by atoms with Gasteiger partial charge in [0, 0.05) is 0 Å². The second-order valence-corrected chi connectivity index (χ2v) is 6.57. The van der Waals surface area contributed by atoms with Crippen LogP contribution in [0.15, 0.2) is 12.2 Å². The molecule has 3 rings (SSSR count). The van der Waals surface area contributed by atoms with Crippen LogP contribution in [-0.2, 0) is 9.53 Å². The minimum absolute atomic E-state index is 0.0540. The summed E-state index contributed by atoms with van der Waals surface area (Å²) in [6, 6.07) is 0. The molecule has 2 N–H and O–H groups in total. The van der Waals surface area contributed by atoms with Crippen molar-refractivity contribution in [3.8, 4) is 0 Å². The molecule has 3 aliphatic rings. The molecule has 0 unspecified atom stereocenters. The van der Waals surface area contributed by atoms with E-state index in [9.17, 15) is 15.0 Å². The lowest BCUT2D eigenvalue weighted by Crippen LogP contribution is -2.57. The fraction of sp³-hybridized carbons (Fsp3) is 0.786. The highest BCUT2D eigenvalue weighted by molar-refractivity contribution is 5.82. The second kappa shape index (κ2) is 3.36. The lowest BCUT2D eigenvalue weighted by Gasteiger charge is -2.50. The third-order valence-electron chi connectivity index (χ3n) is 5.29. The summed E-state index contributed by atoms with van der Waals surface area (Å²) in [6.45, 7) is 3.70. The largest absolute Gasteiger partial charge is 0.462 e. The second-order valence-electron chi connectivity index (χ2n) is 6.57. The maximum absolute atomic E-state index is 12.1. The average Bonchev–Trinajstić information content (AvgIpc) is 2.52. The van der Waals surface area contributed by atoms with Crippen LogP contribution in [-0.4, -0.2) is 34.0 Å². The fourth-order valence-electron chi connectivity index (χ4n) is 3.98. The Morgan fingerprint density at radius 3 is 2.83 bits per heavy atom. The number of hydrogen-bond acceptors (Lipinski definition) is 4. The first-order valence-corrected chi connectivity index (χ1v) is 6.60. The Morgan fingerprint density at radius 1 is 1.39 bits per heavy atom. The Kier molecular flexibility index (Phi) is 2.28. The third-order valence-corrected chi connectivity index (χ3v) is 5.29. The van der Waals surface area contributed by atoms with E-state index in [0.717, 1.165) is 6.42 Å². The number of hydrogen-bond donors (Lipinski definition) is 2. The van der Waals surface area contributed by atoms with E-state index in [4.69, 9.17) is 4.74 Å². The van der Waals surface area contributed by atoms with Gasteiger partial charge in [-0.25, -0.2) is 0 Å². The molecule has 1 saturated heterocycles. The molecule has 2 fully saturated rings. The summed E-state index contributed by atoms with van der Waals surface area (Å²) in [5.41, 5.74) is -2.70. The smallest absolute Gasteiger partial charge is 0.315 e. The van der Waals surface area contributed by atoms with Gasteiger partial charge in [-0.1, -0.05) is 12.2 Å². The number of ether oxygens (including phenoxy) is 1. The number of cyclic esters (lactones) is 1. The lowest BCUT2D eigenvalue weighted by atomic mass is 9.54. The van der Waals surface area contributed by atoms with E-state index in [-0.39, 0.29) is 24.4 Å². The van der Waals surface area contributed by atoms with Crippen molar-refractivity contribution in [2.45, 2.75) is 44.3 Å². The molecule has 0 aromatic rings. The highest BCUT2D eigenvalue weighted by Gasteiger charge is 2.65. The van der Waals surface area contributed by atoms with Gasteiger partial charge in [0.1, 0.15) is 17.6 Å². The van der Waals surface area contributed by atoms with Crippen molar-refractivity contribution >= 4 is 5.97 Å². The maximum atomic E-state index is 12.1. The number of aliphatic hydroxyl groups is 2. The normalized spacial score (nSPS) is 54.8. The SMILES string of the molecule is C[C@@]1(O)CC[C@H]2[C@@H](C=C[C@]3(O)COC(=O)[C@]23C)C1. The zero-order valence-corrected chi connectivity index (χ0v) is 10.8. The monoisotopic (exact) mass is 252 g/mol. The molecule has 0 bridgehead atoms. The highest BCUT2D eigenvalue weighted by atomic mass is 16.6. The lowest BCUT2D eigenvalue weighted by molar-refractivity contribution is -0.157. The first-order valence-electron chi connectivity index (χ1n) is 6.60. The van der Waals surface area contributed by atoms with Crippen LogP contribution >= 0.6 is 0 Å². The summed E-state index contributed by atoms with van der Waals surface area (Å²) >= 11 is 0. The van der Waals surface area contributed by atoms with Crippen molar-refractivity contribution in [3.63, 3.8) is 0 Å². The number of carbonyl (C=O) groups excluding carboxylic acids is 1. The predicted octanol–water partition coefficient (Wildman–Crippen LogP) is 1.02. The summed E-state index contributed by atoms with van der Waals surface area (Å²) in [6.07, 6.45) is 5.73. The number of fused-ring (bicyclic) bond motifs is 3. The van der Waals surface area contributed by atoms with Gasteiger partial charge < -0.3 is 14.9 Å². The minimum atomic E-state index is -1.17. The van der Waals surface area contributed by atoms with E-state index in [2.05, 4.69) is 0 Å². The van der Waals surface area contributed by atoms with Gasteiger partial charge in [-0.05, 0) is 44.9 Å². The van der Waals surface area contributed by atoms with Crippen molar-refractivity contribution in [2.75, 3.05) is 6.61 Å². The number of esters is 1. The predicted molar refractivity (Wildman–Crippen MR) is 64.6 cm³/mol. The molecule has 1 heterocycles. The van der Waals surface area contributed by atoms with Crippen LogP contribution < -0.4 is 0 Å². The molecule has 0 radical (unpaired) electrons. The van der Waals surface area contributed by atoms with Crippen LogP contribution in [0, 0.1) is 17.3 Å². The molecule has 18 heavy (non-hydrogen) atoms. The molecule has 0 aromatic carbocycles. The molecule has 1 aliphatic heterocycles. The van der Waals surface area contributed by atoms with Crippen LogP contribution in [0.25, 0.3) is 0 Å². The summed E-state index contributed by atoms with van der Waals surface area (Å²) in [7, 11) is 0. The fourth-order valence-corrected chi connectivity index (χ4v) is 3.98. The summed E-state index contributed by atoms with van der Waals surface area (Å²) in [4.78, 5) is 12.1. The Labute approximate surface area is 107 Å². The Hall–Kier alpha value is -0.870. The molecule has 0 amide bonds. The van der Waals surface area contributed by atoms with E-state index in [1.165, 1.54) is 0 Å². The first kappa shape index (κ1) is 12.2. The first-order chi connectivity index (χ1) is 8.29. The van der Waals surface area contributed by atoms with Crippen LogP contribution in [0.5, 0.6) is 0 Å². The maximum Gasteiger partial charge on any atom is 0.315 e. The molecule has 4 heteroatoms. The molecular weight excluding hydrogens is 232 g/mol. The van der Waals surface area contributed by atoms with Crippen molar-refractivity contribution in [1.29, 1.82) is 0 Å². The third kappa shape index (κ3) is 1.36. The molecule has 5 atom stereocenters. The van der Waals surface area contributed by atoms with Crippen LogP contribution in [0.1, 0.15) is 33.1 Å². The Bertz CT molecular complexity index is 428. The zero-order chi connectivity index (χ0) is 13.2. The number of rotatable bonds is 0. The van der Waals surface area contributed by atoms with Crippen molar-refractivity contribution in [1.82, 2.24) is 0 Å². The van der Waals surface area contributed by atoms with Crippen molar-refractivity contribution < 1.29 is 19.7 Å². The summed E-state index contributed by atoms with van der Waals surface area (Å²) in [5, 5.41) is 20.8. The van der Waals surface area contributed by atoms with E-state index < -0.39 is 16.6 Å². The van der Waals surface area contributed by atoms with Gasteiger partial charge >= 0.3 is 5.97 Å². The Balaban J connectivity index is 2.02. The molecule has 1 saturated carbocycles. The van der Waals surface area contributed by atoms with E-state index in [1.54, 1.807) is 6.08 Å². The van der Waals surface area contributed by atoms with Crippen LogP contribution in [0.4, 0.5) is 0 Å². The van der Waals surface area contributed by atoms with Gasteiger partial charge in [-0.15, -0.1) is 0 Å². The molecule has 4 nitrogen and oxygen atoms in total. The zero-order valence-electron chi connectivity index (χ0n) is 10.8. The van der Waals surface area contributed by atoms with E-state index in [0.29, 0.717) is 12.8 Å². The number of allylic oxidation sites excluding steroid dienone is 1. The van der Waals surface area contributed by atoms with Gasteiger partial charge in [0.25, 0.3) is 0 Å². The van der Waals surface area contributed by atoms with Crippen LogP contribution in [0.3, 0.4) is 0 Å². The van der Waals surface area contributed by atoms with Crippen molar-refractivity contribution in [3.05, 3.63) is 12.2 Å². The molecule has 100 valence electrons. The molecule has 0 aromatic heterocycles. The van der Waals surface area contributed by atoms with Gasteiger partial charge in [0.15, 0.2) is 0 Å². The van der Waals surface area contributed by atoms with Gasteiger partial charge in [0.2, 0.25) is 0 Å². The highest BCUT2D eigenvalue weighted by Crippen LogP contribution is 2.56. The molecule has 2 aliphatic carbocycles. The van der Waals surface area contributed by atoms with E-state index in [1.807, 2.05) is 19.9 Å². The standard InChI is InChI=1S/C14H20O4/c1-12(16)5-4-10-9(7-12)3-6-14(17)8-18-11(15)13(10,14)2/h3,6,9-10,16-17H,4-5,7-8H2,1-2H3/t9-,10-,12+,13-,14-/m0/s1.